The molecule has 1 aliphatic heterocycles. The molecule has 2 aromatic rings. The summed E-state index contributed by atoms with van der Waals surface area (Å²) in [6.07, 6.45) is 4.61. The topological polar surface area (TPSA) is 52.6 Å². The van der Waals surface area contributed by atoms with Crippen molar-refractivity contribution in [3.05, 3.63) is 38.5 Å². The molecule has 3 heterocycles. The Kier molecular flexibility index (Phi) is 10.9. The molecule has 2 aromatic heterocycles. The highest BCUT2D eigenvalue weighted by Crippen LogP contribution is 2.37. The Morgan fingerprint density at radius 2 is 2.21 bits per heavy atom. The van der Waals surface area contributed by atoms with Crippen molar-refractivity contribution in [1.29, 1.82) is 0 Å². The van der Waals surface area contributed by atoms with E-state index in [0.717, 1.165) is 44.1 Å². The number of aliphatic imine (C=N–C) groups is 1. The Bertz CT molecular complexity index is 731. The fourth-order valence-electron chi connectivity index (χ4n) is 3.87. The van der Waals surface area contributed by atoms with Crippen LogP contribution in [-0.2, 0) is 6.42 Å². The van der Waals surface area contributed by atoms with Gasteiger partial charge >= 0.3 is 0 Å². The second-order valence-corrected chi connectivity index (χ2v) is 9.40. The smallest absolute Gasteiger partial charge is 0.191 e. The first-order valence-corrected chi connectivity index (χ1v) is 12.1. The highest BCUT2D eigenvalue weighted by atomic mass is 127. The number of rotatable bonds is 8. The predicted molar refractivity (Wildman–Crippen MR) is 137 cm³/mol. The third-order valence-electron chi connectivity index (χ3n) is 5.20. The van der Waals surface area contributed by atoms with Gasteiger partial charge in [0.2, 0.25) is 0 Å². The van der Waals surface area contributed by atoms with Crippen LogP contribution in [0.25, 0.3) is 0 Å². The van der Waals surface area contributed by atoms with Crippen molar-refractivity contribution in [2.75, 3.05) is 33.2 Å². The van der Waals surface area contributed by atoms with Crippen molar-refractivity contribution < 1.29 is 0 Å². The van der Waals surface area contributed by atoms with Crippen molar-refractivity contribution in [3.8, 4) is 0 Å². The number of thiophene rings is 1. The number of likely N-dealkylation sites (tertiary alicyclic amines) is 1. The standard InChI is InChI=1S/C21H33N5S2.HI/c1-4-22-21(23-11-5-10-19-25-16(2)15-28-19)24-14-17-8-6-12-26(3)20(17)18-9-7-13-27-18;/h7,9,13,15,17,20H,4-6,8,10-12,14H2,1-3H3,(H2,22,23,24);1H. The summed E-state index contributed by atoms with van der Waals surface area (Å²) in [6.45, 7) is 8.03. The van der Waals surface area contributed by atoms with Gasteiger partial charge in [-0.1, -0.05) is 6.07 Å². The van der Waals surface area contributed by atoms with Crippen molar-refractivity contribution in [2.45, 2.75) is 45.6 Å². The SMILES string of the molecule is CCNC(=NCC1CCCN(C)C1c1cccs1)NCCCc1nc(C)cs1.I. The maximum absolute atomic E-state index is 4.94. The van der Waals surface area contributed by atoms with E-state index in [1.165, 1.54) is 29.3 Å². The molecule has 0 saturated carbocycles. The van der Waals surface area contributed by atoms with E-state index in [1.54, 1.807) is 11.3 Å². The number of aromatic nitrogens is 1. The van der Waals surface area contributed by atoms with Gasteiger partial charge in [-0.3, -0.25) is 9.89 Å². The Morgan fingerprint density at radius 3 is 2.90 bits per heavy atom. The van der Waals surface area contributed by atoms with Gasteiger partial charge in [0.15, 0.2) is 5.96 Å². The van der Waals surface area contributed by atoms with Gasteiger partial charge in [-0.05, 0) is 64.1 Å². The maximum Gasteiger partial charge on any atom is 0.191 e. The highest BCUT2D eigenvalue weighted by Gasteiger charge is 2.31. The number of halogens is 1. The Labute approximate surface area is 200 Å². The van der Waals surface area contributed by atoms with Crippen LogP contribution in [-0.4, -0.2) is 49.1 Å². The number of thiazole rings is 1. The van der Waals surface area contributed by atoms with Gasteiger partial charge in [0, 0.05) is 48.0 Å². The molecule has 2 unspecified atom stereocenters. The molecule has 1 fully saturated rings. The molecule has 0 aliphatic carbocycles. The van der Waals surface area contributed by atoms with E-state index in [4.69, 9.17) is 4.99 Å². The van der Waals surface area contributed by atoms with Crippen molar-refractivity contribution in [1.82, 2.24) is 20.5 Å². The van der Waals surface area contributed by atoms with Gasteiger partial charge in [0.25, 0.3) is 0 Å². The van der Waals surface area contributed by atoms with Crippen molar-refractivity contribution in [3.63, 3.8) is 0 Å². The summed E-state index contributed by atoms with van der Waals surface area (Å²) in [6, 6.07) is 4.93. The molecule has 1 saturated heterocycles. The fourth-order valence-corrected chi connectivity index (χ4v) is 5.68. The number of nitrogens with zero attached hydrogens (tertiary/aromatic N) is 3. The summed E-state index contributed by atoms with van der Waals surface area (Å²) < 4.78 is 0. The maximum atomic E-state index is 4.94. The van der Waals surface area contributed by atoms with Gasteiger partial charge in [-0.25, -0.2) is 4.98 Å². The summed E-state index contributed by atoms with van der Waals surface area (Å²) in [5.74, 6) is 1.52. The summed E-state index contributed by atoms with van der Waals surface area (Å²) >= 11 is 3.63. The number of hydrogen-bond donors (Lipinski definition) is 2. The third-order valence-corrected chi connectivity index (χ3v) is 7.17. The number of guanidine groups is 1. The second-order valence-electron chi connectivity index (χ2n) is 7.48. The molecule has 0 amide bonds. The molecule has 29 heavy (non-hydrogen) atoms. The fraction of sp³-hybridized carbons (Fsp3) is 0.619. The molecular weight excluding hydrogens is 513 g/mol. The van der Waals surface area contributed by atoms with Gasteiger partial charge in [0.05, 0.1) is 5.01 Å². The molecule has 3 rings (SSSR count). The van der Waals surface area contributed by atoms with E-state index in [-0.39, 0.29) is 24.0 Å². The van der Waals surface area contributed by atoms with E-state index in [0.29, 0.717) is 12.0 Å². The third kappa shape index (κ3) is 7.48. The van der Waals surface area contributed by atoms with E-state index in [2.05, 4.69) is 64.3 Å². The number of nitrogens with one attached hydrogen (secondary N) is 2. The van der Waals surface area contributed by atoms with Crippen LogP contribution in [0.15, 0.2) is 27.9 Å². The molecule has 162 valence electrons. The lowest BCUT2D eigenvalue weighted by molar-refractivity contribution is 0.128. The summed E-state index contributed by atoms with van der Waals surface area (Å²) in [7, 11) is 2.25. The number of piperidine rings is 1. The minimum absolute atomic E-state index is 0. The predicted octanol–water partition coefficient (Wildman–Crippen LogP) is 4.70. The van der Waals surface area contributed by atoms with Gasteiger partial charge in [-0.2, -0.15) is 0 Å². The molecule has 0 spiro atoms. The van der Waals surface area contributed by atoms with Gasteiger partial charge in [0.1, 0.15) is 0 Å². The first-order chi connectivity index (χ1) is 13.7. The first kappa shape index (κ1) is 24.6. The first-order valence-electron chi connectivity index (χ1n) is 10.3. The molecule has 2 atom stereocenters. The van der Waals surface area contributed by atoms with Crippen LogP contribution in [0.2, 0.25) is 0 Å². The van der Waals surface area contributed by atoms with E-state index >= 15 is 0 Å². The lowest BCUT2D eigenvalue weighted by atomic mass is 9.88. The zero-order chi connectivity index (χ0) is 19.8. The van der Waals surface area contributed by atoms with Crippen LogP contribution in [0, 0.1) is 12.8 Å². The van der Waals surface area contributed by atoms with Crippen LogP contribution in [0.1, 0.15) is 47.8 Å². The normalized spacial score (nSPS) is 20.3. The average Bonchev–Trinajstić information content (AvgIpc) is 3.35. The van der Waals surface area contributed by atoms with Gasteiger partial charge < -0.3 is 10.6 Å². The highest BCUT2D eigenvalue weighted by molar-refractivity contribution is 14.0. The zero-order valence-corrected chi connectivity index (χ0v) is 21.7. The van der Waals surface area contributed by atoms with E-state index in [1.807, 2.05) is 11.3 Å². The number of aryl methyl sites for hydroxylation is 2. The second kappa shape index (κ2) is 12.9. The Balaban J connectivity index is 0.00000300. The lowest BCUT2D eigenvalue weighted by Crippen LogP contribution is -2.40. The summed E-state index contributed by atoms with van der Waals surface area (Å²) in [5.41, 5.74) is 1.13. The molecular formula is C21H34IN5S2. The zero-order valence-electron chi connectivity index (χ0n) is 17.7. The lowest BCUT2D eigenvalue weighted by Gasteiger charge is -2.38. The Hall–Kier alpha value is -0.710. The average molecular weight is 548 g/mol. The molecule has 2 N–H and O–H groups in total. The van der Waals surface area contributed by atoms with Crippen LogP contribution in [0.3, 0.4) is 0 Å². The van der Waals surface area contributed by atoms with Gasteiger partial charge in [-0.15, -0.1) is 46.7 Å². The largest absolute Gasteiger partial charge is 0.357 e. The molecule has 0 aromatic carbocycles. The monoisotopic (exact) mass is 547 g/mol. The Morgan fingerprint density at radius 1 is 1.34 bits per heavy atom. The molecule has 0 bridgehead atoms. The van der Waals surface area contributed by atoms with Crippen LogP contribution >= 0.6 is 46.7 Å². The minimum Gasteiger partial charge on any atom is -0.357 e. The van der Waals surface area contributed by atoms with Crippen molar-refractivity contribution >= 4 is 52.6 Å². The summed E-state index contributed by atoms with van der Waals surface area (Å²) in [5, 5.41) is 12.4. The minimum atomic E-state index is 0. The number of hydrogen-bond acceptors (Lipinski definition) is 5. The van der Waals surface area contributed by atoms with Crippen LogP contribution in [0.5, 0.6) is 0 Å². The molecule has 8 heteroatoms. The molecule has 0 radical (unpaired) electrons. The van der Waals surface area contributed by atoms with Crippen LogP contribution < -0.4 is 10.6 Å². The van der Waals surface area contributed by atoms with E-state index in [9.17, 15) is 0 Å². The van der Waals surface area contributed by atoms with Crippen molar-refractivity contribution in [2.24, 2.45) is 10.9 Å². The quantitative estimate of drug-likeness (QED) is 0.218. The molecule has 1 aliphatic rings. The van der Waals surface area contributed by atoms with E-state index < -0.39 is 0 Å². The van der Waals surface area contributed by atoms with Crippen LogP contribution in [0.4, 0.5) is 0 Å². The summed E-state index contributed by atoms with van der Waals surface area (Å²) in [4.78, 5) is 13.5. The molecule has 5 nitrogen and oxygen atoms in total.